The summed E-state index contributed by atoms with van der Waals surface area (Å²) in [4.78, 5) is 0.191. The highest BCUT2D eigenvalue weighted by molar-refractivity contribution is 7.89. The number of nitrogens with one attached hydrogen (secondary N) is 1. The van der Waals surface area contributed by atoms with E-state index >= 15 is 0 Å². The average molecular weight is 298 g/mol. The van der Waals surface area contributed by atoms with Gasteiger partial charge >= 0.3 is 0 Å². The van der Waals surface area contributed by atoms with E-state index in [2.05, 4.69) is 4.72 Å². The molecule has 1 aromatic rings. The molecule has 0 aliphatic heterocycles. The molecule has 1 aliphatic carbocycles. The number of benzene rings is 1. The van der Waals surface area contributed by atoms with Gasteiger partial charge in [-0.1, -0.05) is 19.4 Å². The molecule has 0 amide bonds. The summed E-state index contributed by atoms with van der Waals surface area (Å²) in [6.07, 6.45) is 3.34. The first-order chi connectivity index (χ1) is 9.47. The smallest absolute Gasteiger partial charge is 0.240 e. The van der Waals surface area contributed by atoms with Crippen LogP contribution in [0.25, 0.3) is 0 Å². The van der Waals surface area contributed by atoms with E-state index in [-0.39, 0.29) is 23.5 Å². The number of nitrogens with two attached hydrogens (primary N) is 1. The average Bonchev–Trinajstić information content (AvgIpc) is 2.85. The van der Waals surface area contributed by atoms with Crippen molar-refractivity contribution in [3.8, 4) is 0 Å². The molecule has 20 heavy (non-hydrogen) atoms. The summed E-state index contributed by atoms with van der Waals surface area (Å²) < 4.78 is 27.4. The van der Waals surface area contributed by atoms with Gasteiger partial charge in [0.25, 0.3) is 0 Å². The summed E-state index contributed by atoms with van der Waals surface area (Å²) in [5, 5.41) is 9.26. The first kappa shape index (κ1) is 15.3. The third-order valence-electron chi connectivity index (χ3n) is 4.01. The lowest BCUT2D eigenvalue weighted by molar-refractivity contribution is 0.213. The number of aryl methyl sites for hydroxylation is 1. The van der Waals surface area contributed by atoms with Gasteiger partial charge in [0.15, 0.2) is 0 Å². The van der Waals surface area contributed by atoms with Crippen LogP contribution in [0, 0.1) is 5.92 Å². The second-order valence-corrected chi connectivity index (χ2v) is 7.03. The Kier molecular flexibility index (Phi) is 4.67. The van der Waals surface area contributed by atoms with E-state index in [0.29, 0.717) is 5.69 Å². The highest BCUT2D eigenvalue weighted by atomic mass is 32.2. The molecule has 1 aliphatic rings. The second kappa shape index (κ2) is 6.11. The lowest BCUT2D eigenvalue weighted by atomic mass is 10.1. The van der Waals surface area contributed by atoms with Gasteiger partial charge in [-0.15, -0.1) is 0 Å². The molecule has 0 aromatic heterocycles. The zero-order valence-electron chi connectivity index (χ0n) is 11.7. The van der Waals surface area contributed by atoms with Crippen LogP contribution < -0.4 is 10.5 Å². The molecule has 0 bridgehead atoms. The van der Waals surface area contributed by atoms with Gasteiger partial charge in [0.2, 0.25) is 10.0 Å². The van der Waals surface area contributed by atoms with Crippen molar-refractivity contribution >= 4 is 15.7 Å². The monoisotopic (exact) mass is 298 g/mol. The number of aliphatic hydroxyl groups excluding tert-OH is 1. The van der Waals surface area contributed by atoms with Gasteiger partial charge in [-0.2, -0.15) is 0 Å². The van der Waals surface area contributed by atoms with Crippen LogP contribution in [0.1, 0.15) is 31.7 Å². The van der Waals surface area contributed by atoms with Gasteiger partial charge in [-0.25, -0.2) is 13.1 Å². The Morgan fingerprint density at radius 1 is 1.40 bits per heavy atom. The third kappa shape index (κ3) is 3.13. The second-order valence-electron chi connectivity index (χ2n) is 5.32. The Morgan fingerprint density at radius 2 is 2.15 bits per heavy atom. The first-order valence-electron chi connectivity index (χ1n) is 6.99. The van der Waals surface area contributed by atoms with Crippen molar-refractivity contribution in [3.63, 3.8) is 0 Å². The van der Waals surface area contributed by atoms with Crippen molar-refractivity contribution in [1.29, 1.82) is 0 Å². The molecular weight excluding hydrogens is 276 g/mol. The van der Waals surface area contributed by atoms with E-state index in [1.54, 1.807) is 12.1 Å². The fourth-order valence-corrected chi connectivity index (χ4v) is 4.11. The number of hydrogen-bond donors (Lipinski definition) is 3. The Bertz CT molecular complexity index is 572. The molecule has 1 saturated carbocycles. The predicted molar refractivity (Wildman–Crippen MR) is 78.8 cm³/mol. The minimum absolute atomic E-state index is 0.0111. The summed E-state index contributed by atoms with van der Waals surface area (Å²) in [7, 11) is -3.58. The molecule has 1 aromatic carbocycles. The van der Waals surface area contributed by atoms with Crippen LogP contribution in [0.5, 0.6) is 0 Å². The summed E-state index contributed by atoms with van der Waals surface area (Å²) in [6, 6.07) is 4.66. The van der Waals surface area contributed by atoms with Crippen LogP contribution >= 0.6 is 0 Å². The Hall–Kier alpha value is -1.11. The van der Waals surface area contributed by atoms with Crippen LogP contribution in [0.2, 0.25) is 0 Å². The maximum absolute atomic E-state index is 12.4. The van der Waals surface area contributed by atoms with Crippen LogP contribution in [-0.2, 0) is 16.4 Å². The minimum Gasteiger partial charge on any atom is -0.398 e. The minimum atomic E-state index is -3.58. The lowest BCUT2D eigenvalue weighted by Gasteiger charge is -2.19. The summed E-state index contributed by atoms with van der Waals surface area (Å²) in [5.74, 6) is 0.0111. The maximum Gasteiger partial charge on any atom is 0.240 e. The molecule has 0 radical (unpaired) electrons. The van der Waals surface area contributed by atoms with Crippen molar-refractivity contribution in [2.45, 2.75) is 43.5 Å². The van der Waals surface area contributed by atoms with Gasteiger partial charge in [0.1, 0.15) is 0 Å². The SMILES string of the molecule is CCc1ccc(S(=O)(=O)NC2CCCC2CO)cc1N. The number of rotatable bonds is 5. The predicted octanol–water partition coefficient (Wildman–Crippen LogP) is 1.27. The van der Waals surface area contributed by atoms with Crippen molar-refractivity contribution in [3.05, 3.63) is 23.8 Å². The highest BCUT2D eigenvalue weighted by Crippen LogP contribution is 2.27. The number of nitrogen functional groups attached to an aromatic ring is 1. The molecule has 6 heteroatoms. The molecule has 0 spiro atoms. The van der Waals surface area contributed by atoms with Gasteiger partial charge in [-0.05, 0) is 42.9 Å². The third-order valence-corrected chi connectivity index (χ3v) is 5.50. The summed E-state index contributed by atoms with van der Waals surface area (Å²) >= 11 is 0. The Balaban J connectivity index is 2.20. The normalized spacial score (nSPS) is 23.1. The molecule has 0 saturated heterocycles. The largest absolute Gasteiger partial charge is 0.398 e. The molecule has 5 nitrogen and oxygen atoms in total. The molecule has 0 heterocycles. The van der Waals surface area contributed by atoms with E-state index in [0.717, 1.165) is 31.2 Å². The topological polar surface area (TPSA) is 92.4 Å². The number of hydrogen-bond acceptors (Lipinski definition) is 4. The van der Waals surface area contributed by atoms with Gasteiger partial charge in [0, 0.05) is 18.3 Å². The molecule has 4 N–H and O–H groups in total. The molecule has 2 unspecified atom stereocenters. The molecule has 2 atom stereocenters. The highest BCUT2D eigenvalue weighted by Gasteiger charge is 2.30. The van der Waals surface area contributed by atoms with E-state index in [1.165, 1.54) is 6.07 Å². The van der Waals surface area contributed by atoms with Crippen LogP contribution in [0.15, 0.2) is 23.1 Å². The number of anilines is 1. The van der Waals surface area contributed by atoms with Gasteiger partial charge < -0.3 is 10.8 Å². The molecule has 112 valence electrons. The van der Waals surface area contributed by atoms with Crippen molar-refractivity contribution in [2.75, 3.05) is 12.3 Å². The van der Waals surface area contributed by atoms with Crippen LogP contribution in [0.3, 0.4) is 0 Å². The molecule has 1 fully saturated rings. The van der Waals surface area contributed by atoms with Crippen molar-refractivity contribution in [2.24, 2.45) is 5.92 Å². The van der Waals surface area contributed by atoms with E-state index in [9.17, 15) is 13.5 Å². The first-order valence-corrected chi connectivity index (χ1v) is 8.48. The zero-order chi connectivity index (χ0) is 14.8. The lowest BCUT2D eigenvalue weighted by Crippen LogP contribution is -2.38. The van der Waals surface area contributed by atoms with E-state index in [1.807, 2.05) is 6.92 Å². The number of sulfonamides is 1. The standard InChI is InChI=1S/C14H22N2O3S/c1-2-10-6-7-12(8-13(10)15)20(18,19)16-14-5-3-4-11(14)9-17/h6-8,11,14,16-17H,2-5,9,15H2,1H3. The van der Waals surface area contributed by atoms with E-state index in [4.69, 9.17) is 5.73 Å². The van der Waals surface area contributed by atoms with Crippen molar-refractivity contribution in [1.82, 2.24) is 4.72 Å². The van der Waals surface area contributed by atoms with E-state index < -0.39 is 10.0 Å². The summed E-state index contributed by atoms with van der Waals surface area (Å²) in [6.45, 7) is 1.99. The van der Waals surface area contributed by atoms with Crippen molar-refractivity contribution < 1.29 is 13.5 Å². The Morgan fingerprint density at radius 3 is 2.75 bits per heavy atom. The fraction of sp³-hybridized carbons (Fsp3) is 0.571. The van der Waals surface area contributed by atoms with Gasteiger partial charge in [-0.3, -0.25) is 0 Å². The molecule has 2 rings (SSSR count). The maximum atomic E-state index is 12.4. The van der Waals surface area contributed by atoms with Gasteiger partial charge in [0.05, 0.1) is 4.90 Å². The Labute approximate surface area is 120 Å². The quantitative estimate of drug-likeness (QED) is 0.714. The van der Waals surface area contributed by atoms with Crippen LogP contribution in [-0.4, -0.2) is 26.2 Å². The molecular formula is C14H22N2O3S. The zero-order valence-corrected chi connectivity index (χ0v) is 12.5. The fourth-order valence-electron chi connectivity index (χ4n) is 2.74. The summed E-state index contributed by atoms with van der Waals surface area (Å²) in [5.41, 5.74) is 7.30. The number of aliphatic hydroxyl groups is 1. The van der Waals surface area contributed by atoms with Crippen LogP contribution in [0.4, 0.5) is 5.69 Å².